The molecule has 3 nitrogen and oxygen atoms in total. The second-order valence-corrected chi connectivity index (χ2v) is 4.97. The molecule has 0 spiro atoms. The molecule has 1 N–H and O–H groups in total. The number of halogens is 1. The van der Waals surface area contributed by atoms with E-state index in [9.17, 15) is 0 Å². The van der Waals surface area contributed by atoms with Crippen LogP contribution in [0.25, 0.3) is 0 Å². The van der Waals surface area contributed by atoms with Crippen molar-refractivity contribution in [2.75, 3.05) is 11.9 Å². The predicted octanol–water partition coefficient (Wildman–Crippen LogP) is 3.51. The van der Waals surface area contributed by atoms with Crippen molar-refractivity contribution >= 4 is 17.4 Å². The van der Waals surface area contributed by atoms with Gasteiger partial charge in [0.25, 0.3) is 0 Å². The summed E-state index contributed by atoms with van der Waals surface area (Å²) in [5, 5.41) is 3.81. The monoisotopic (exact) mass is 239 g/mol. The molecule has 1 saturated carbocycles. The Hall–Kier alpha value is -0.830. The van der Waals surface area contributed by atoms with E-state index in [1.54, 1.807) is 12.4 Å². The third kappa shape index (κ3) is 2.46. The van der Waals surface area contributed by atoms with Gasteiger partial charge in [0.15, 0.2) is 11.0 Å². The fourth-order valence-corrected chi connectivity index (χ4v) is 2.66. The third-order valence-electron chi connectivity index (χ3n) is 3.70. The summed E-state index contributed by atoms with van der Waals surface area (Å²) in [7, 11) is 0. The van der Waals surface area contributed by atoms with E-state index in [4.69, 9.17) is 11.6 Å². The topological polar surface area (TPSA) is 37.8 Å². The van der Waals surface area contributed by atoms with E-state index in [1.165, 1.54) is 32.1 Å². The number of nitrogens with zero attached hydrogens (tertiary/aromatic N) is 2. The van der Waals surface area contributed by atoms with Crippen LogP contribution in [0.3, 0.4) is 0 Å². The summed E-state index contributed by atoms with van der Waals surface area (Å²) in [6.45, 7) is 3.23. The molecule has 0 amide bonds. The van der Waals surface area contributed by atoms with Crippen molar-refractivity contribution in [3.8, 4) is 0 Å². The summed E-state index contributed by atoms with van der Waals surface area (Å²) in [6, 6.07) is 0. The molecule has 16 heavy (non-hydrogen) atoms. The highest BCUT2D eigenvalue weighted by atomic mass is 35.5. The lowest BCUT2D eigenvalue weighted by Gasteiger charge is -2.27. The summed E-state index contributed by atoms with van der Waals surface area (Å²) >= 11 is 5.96. The Bertz CT molecular complexity index is 348. The second kappa shape index (κ2) is 5.00. The zero-order valence-electron chi connectivity index (χ0n) is 9.67. The first kappa shape index (κ1) is 11.6. The average molecular weight is 240 g/mol. The number of rotatable bonds is 4. The number of nitrogens with one attached hydrogen (secondary N) is 1. The highest BCUT2D eigenvalue weighted by molar-refractivity contribution is 6.31. The molecule has 4 heteroatoms. The number of hydrogen-bond acceptors (Lipinski definition) is 3. The standard InChI is InChI=1S/C12H18ClN3/c1-2-12(5-3-4-6-12)9-16-11-10(13)14-7-8-15-11/h7-8H,2-6,9H2,1H3,(H,15,16). The first-order chi connectivity index (χ1) is 7.76. The van der Waals surface area contributed by atoms with Crippen LogP contribution < -0.4 is 5.32 Å². The van der Waals surface area contributed by atoms with Gasteiger partial charge < -0.3 is 5.32 Å². The molecule has 0 unspecified atom stereocenters. The van der Waals surface area contributed by atoms with Gasteiger partial charge >= 0.3 is 0 Å². The molecule has 0 aromatic carbocycles. The quantitative estimate of drug-likeness (QED) is 0.874. The highest BCUT2D eigenvalue weighted by Gasteiger charge is 2.31. The van der Waals surface area contributed by atoms with Crippen molar-refractivity contribution in [2.24, 2.45) is 5.41 Å². The smallest absolute Gasteiger partial charge is 0.171 e. The van der Waals surface area contributed by atoms with Crippen LogP contribution in [0.4, 0.5) is 5.82 Å². The summed E-state index contributed by atoms with van der Waals surface area (Å²) in [4.78, 5) is 8.21. The zero-order valence-corrected chi connectivity index (χ0v) is 10.4. The van der Waals surface area contributed by atoms with Gasteiger partial charge in [-0.05, 0) is 24.7 Å². The normalized spacial score (nSPS) is 18.6. The van der Waals surface area contributed by atoms with Crippen LogP contribution in [-0.4, -0.2) is 16.5 Å². The van der Waals surface area contributed by atoms with Crippen LogP contribution in [0.5, 0.6) is 0 Å². The summed E-state index contributed by atoms with van der Waals surface area (Å²) in [5.74, 6) is 0.712. The van der Waals surface area contributed by atoms with Crippen molar-refractivity contribution < 1.29 is 0 Å². The largest absolute Gasteiger partial charge is 0.367 e. The number of anilines is 1. The van der Waals surface area contributed by atoms with Crippen molar-refractivity contribution in [1.82, 2.24) is 9.97 Å². The lowest BCUT2D eigenvalue weighted by atomic mass is 9.83. The van der Waals surface area contributed by atoms with Crippen molar-refractivity contribution in [1.29, 1.82) is 0 Å². The molecule has 88 valence electrons. The van der Waals surface area contributed by atoms with E-state index < -0.39 is 0 Å². The minimum Gasteiger partial charge on any atom is -0.367 e. The molecule has 1 aliphatic carbocycles. The van der Waals surface area contributed by atoms with E-state index in [1.807, 2.05) is 0 Å². The Labute approximate surface area is 102 Å². The molecular weight excluding hydrogens is 222 g/mol. The number of hydrogen-bond donors (Lipinski definition) is 1. The second-order valence-electron chi connectivity index (χ2n) is 4.61. The molecule has 0 radical (unpaired) electrons. The first-order valence-corrected chi connectivity index (χ1v) is 6.34. The molecule has 1 aromatic rings. The Balaban J connectivity index is 1.98. The van der Waals surface area contributed by atoms with E-state index in [-0.39, 0.29) is 0 Å². The average Bonchev–Trinajstić information content (AvgIpc) is 2.78. The Kier molecular flexibility index (Phi) is 3.64. The van der Waals surface area contributed by atoms with Gasteiger partial charge in [-0.1, -0.05) is 31.4 Å². The van der Waals surface area contributed by atoms with Gasteiger partial charge in [-0.15, -0.1) is 0 Å². The molecule has 1 aliphatic rings. The van der Waals surface area contributed by atoms with Crippen molar-refractivity contribution in [3.05, 3.63) is 17.5 Å². The van der Waals surface area contributed by atoms with Gasteiger partial charge in [0, 0.05) is 18.9 Å². The molecule has 0 atom stereocenters. The Morgan fingerprint density at radius 2 is 2.00 bits per heavy atom. The maximum Gasteiger partial charge on any atom is 0.171 e. The third-order valence-corrected chi connectivity index (χ3v) is 3.98. The van der Waals surface area contributed by atoms with Gasteiger partial charge in [0.1, 0.15) is 0 Å². The highest BCUT2D eigenvalue weighted by Crippen LogP contribution is 2.41. The van der Waals surface area contributed by atoms with E-state index >= 15 is 0 Å². The first-order valence-electron chi connectivity index (χ1n) is 5.96. The molecule has 1 fully saturated rings. The van der Waals surface area contributed by atoms with Crippen LogP contribution in [0.15, 0.2) is 12.4 Å². The summed E-state index contributed by atoms with van der Waals surface area (Å²) in [6.07, 6.45) is 9.83. The molecule has 1 heterocycles. The molecule has 0 saturated heterocycles. The van der Waals surface area contributed by atoms with Gasteiger partial charge in [0.2, 0.25) is 0 Å². The van der Waals surface area contributed by atoms with Crippen LogP contribution in [0.2, 0.25) is 5.15 Å². The van der Waals surface area contributed by atoms with Crippen molar-refractivity contribution in [3.63, 3.8) is 0 Å². The van der Waals surface area contributed by atoms with E-state index in [2.05, 4.69) is 22.2 Å². The minimum absolute atomic E-state index is 0.445. The van der Waals surface area contributed by atoms with Crippen molar-refractivity contribution in [2.45, 2.75) is 39.0 Å². The van der Waals surface area contributed by atoms with E-state index in [0.29, 0.717) is 16.4 Å². The van der Waals surface area contributed by atoms with Gasteiger partial charge in [0.05, 0.1) is 0 Å². The SMILES string of the molecule is CCC1(CNc2nccnc2Cl)CCCC1. The van der Waals surface area contributed by atoms with Crippen LogP contribution >= 0.6 is 11.6 Å². The lowest BCUT2D eigenvalue weighted by molar-refractivity contribution is 0.306. The Morgan fingerprint density at radius 3 is 2.62 bits per heavy atom. The van der Waals surface area contributed by atoms with Crippen LogP contribution in [-0.2, 0) is 0 Å². The summed E-state index contributed by atoms with van der Waals surface area (Å²) < 4.78 is 0. The van der Waals surface area contributed by atoms with Crippen LogP contribution in [0.1, 0.15) is 39.0 Å². The fraction of sp³-hybridized carbons (Fsp3) is 0.667. The minimum atomic E-state index is 0.445. The number of aromatic nitrogens is 2. The van der Waals surface area contributed by atoms with E-state index in [0.717, 1.165) is 6.54 Å². The Morgan fingerprint density at radius 1 is 1.31 bits per heavy atom. The molecule has 0 aliphatic heterocycles. The zero-order chi connectivity index (χ0) is 11.4. The predicted molar refractivity (Wildman–Crippen MR) is 66.7 cm³/mol. The van der Waals surface area contributed by atoms with Gasteiger partial charge in [-0.3, -0.25) is 0 Å². The molecule has 1 aromatic heterocycles. The van der Waals surface area contributed by atoms with Gasteiger partial charge in [-0.25, -0.2) is 9.97 Å². The molecule has 0 bridgehead atoms. The maximum atomic E-state index is 5.96. The lowest BCUT2D eigenvalue weighted by Crippen LogP contribution is -2.26. The fourth-order valence-electron chi connectivity index (χ4n) is 2.49. The summed E-state index contributed by atoms with van der Waals surface area (Å²) in [5.41, 5.74) is 0.445. The van der Waals surface area contributed by atoms with Gasteiger partial charge in [-0.2, -0.15) is 0 Å². The molecular formula is C12H18ClN3. The van der Waals surface area contributed by atoms with Crippen LogP contribution in [0, 0.1) is 5.41 Å². The molecule has 2 rings (SSSR count). The maximum absolute atomic E-state index is 5.96.